The van der Waals surface area contributed by atoms with Crippen molar-refractivity contribution in [3.05, 3.63) is 284 Å². The van der Waals surface area contributed by atoms with Gasteiger partial charge in [0.2, 0.25) is 51.8 Å². The third kappa shape index (κ3) is 29.9. The van der Waals surface area contributed by atoms with Crippen LogP contribution in [0.25, 0.3) is 0 Å². The molecule has 10 heterocycles. The number of halogens is 9. The normalized spacial score (nSPS) is 16.5. The minimum absolute atomic E-state index is 0.00186. The number of alkyl halides is 9. The van der Waals surface area contributed by atoms with Crippen LogP contribution in [-0.4, -0.2) is 199 Å². The molecule has 0 aliphatic carbocycles. The van der Waals surface area contributed by atoms with Gasteiger partial charge in [-0.15, -0.1) is 34.8 Å². The number of carbonyl (C=O) groups excluding carboxylic acids is 6. The van der Waals surface area contributed by atoms with Gasteiger partial charge in [0, 0.05) is 66.4 Å². The molecule has 0 saturated heterocycles. The molecule has 6 aromatic rings. The van der Waals surface area contributed by atoms with Crippen molar-refractivity contribution in [3.63, 3.8) is 0 Å². The van der Waals surface area contributed by atoms with Gasteiger partial charge in [-0.25, -0.2) is 55.1 Å². The summed E-state index contributed by atoms with van der Waals surface area (Å²) in [6.45, 7) is -3.54. The van der Waals surface area contributed by atoms with E-state index >= 15 is 0 Å². The van der Waals surface area contributed by atoms with Crippen molar-refractivity contribution in [1.29, 1.82) is 0 Å². The van der Waals surface area contributed by atoms with Gasteiger partial charge in [-0.05, 0) is 103 Å². The molecule has 0 bridgehead atoms. The summed E-state index contributed by atoms with van der Waals surface area (Å²) < 4.78 is 146. The molecule has 124 heavy (non-hydrogen) atoms. The number of esters is 6. The molecule has 0 unspecified atom stereocenters. The average Bonchev–Trinajstić information content (AvgIpc) is 1.70. The Morgan fingerprint density at radius 2 is 0.613 bits per heavy atom. The van der Waals surface area contributed by atoms with E-state index in [2.05, 4.69) is 34.1 Å². The van der Waals surface area contributed by atoms with E-state index in [0.717, 1.165) is 16.8 Å². The first-order chi connectivity index (χ1) is 59.8. The quantitative estimate of drug-likeness (QED) is 0.00753. The van der Waals surface area contributed by atoms with Gasteiger partial charge < -0.3 is 127 Å². The lowest BCUT2D eigenvalue weighted by Gasteiger charge is -2.07. The van der Waals surface area contributed by atoms with Crippen molar-refractivity contribution in [2.45, 2.75) is 39.1 Å². The Labute approximate surface area is 714 Å². The number of aromatic nitrogens is 4. The first kappa shape index (κ1) is 97.0. The zero-order chi connectivity index (χ0) is 90.0. The number of H-pyrrole nitrogens is 2. The third-order valence-corrected chi connectivity index (χ3v) is 15.9. The number of aliphatic hydroxyl groups excluding tert-OH is 9. The van der Waals surface area contributed by atoms with E-state index in [-0.39, 0.29) is 147 Å². The number of allylic oxidation sites excluding steroid dienone is 6. The minimum atomic E-state index is -0.989. The number of hydrogen-bond donors (Lipinski definition) is 11. The maximum atomic E-state index is 12.0. The number of aromatic amines is 2. The number of ether oxygens (including phenoxy) is 15. The summed E-state index contributed by atoms with van der Waals surface area (Å²) in [5.74, 6) is -8.51. The molecule has 0 saturated carbocycles. The largest absolute Gasteiger partial charge is 0.502 e. The summed E-state index contributed by atoms with van der Waals surface area (Å²) in [5.41, 5.74) is 4.05. The Morgan fingerprint density at radius 3 is 0.976 bits per heavy atom. The highest BCUT2D eigenvalue weighted by Gasteiger charge is 2.36. The lowest BCUT2D eigenvalue weighted by atomic mass is 10.1. The Balaban J connectivity index is 0.000000205. The fourth-order valence-corrected chi connectivity index (χ4v) is 10.1. The summed E-state index contributed by atoms with van der Waals surface area (Å²) in [5, 5.41) is 84.8. The molecule has 0 radical (unpaired) electrons. The smallest absolute Gasteiger partial charge is 0.383 e. The highest BCUT2D eigenvalue weighted by Crippen LogP contribution is 2.32. The Morgan fingerprint density at radius 1 is 0.306 bits per heavy atom. The number of carbonyl (C=O) groups is 6. The number of hydrogen-bond acceptors (Lipinski definition) is 32. The second kappa shape index (κ2) is 50.8. The van der Waals surface area contributed by atoms with Crippen LogP contribution in [-0.2, 0) is 110 Å². The fourth-order valence-electron chi connectivity index (χ4n) is 9.67. The van der Waals surface area contributed by atoms with Gasteiger partial charge >= 0.3 is 35.8 Å². The monoisotopic (exact) mass is 1800 g/mol. The minimum Gasteiger partial charge on any atom is -0.502 e. The van der Waals surface area contributed by atoms with Crippen molar-refractivity contribution < 1.29 is 172 Å². The SMILES string of the molecule is O=C1O/C(=C/CCl)C(O)=C1OCc1cc(OCC[18F])c[nH]1.O=C1O/C(=C/CCl)C(O)=C1OCc1ccc(OCC[18F])cc1.O=C1O/C(=C/CCl)C(O)=C1OCc1ccc(OCC[18F])cn1.O=C1O/C(=C/Cc2cc(OCC[18F])c[nH]2)C(O)=C1O.O=C1O/C(=C/Cc2ccc(OCC[18F])cc2)C(O)=C1O.O=C1O/C(=C/Cc2ccc(OCC[18F])cn2)C(O)=C1O. The van der Waals surface area contributed by atoms with E-state index in [1.165, 1.54) is 55.0 Å². The zero-order valence-corrected chi connectivity index (χ0v) is 66.9. The Bertz CT molecular complexity index is 4850. The molecule has 11 N–H and O–H groups in total. The molecule has 6 aliphatic rings. The van der Waals surface area contributed by atoms with Crippen molar-refractivity contribution in [2.24, 2.45) is 0 Å². The molecule has 0 spiro atoms. The molecule has 2 aromatic carbocycles. The summed E-state index contributed by atoms with van der Waals surface area (Å²) in [6.07, 6.45) is 15.3. The first-order valence-electron chi connectivity index (χ1n) is 36.1. The van der Waals surface area contributed by atoms with Crippen LogP contribution in [0.1, 0.15) is 33.9 Å². The lowest BCUT2D eigenvalue weighted by Crippen LogP contribution is -2.05. The molecule has 0 amide bonds. The summed E-state index contributed by atoms with van der Waals surface area (Å²) >= 11 is 16.4. The highest BCUT2D eigenvalue weighted by atomic mass is 35.5. The molecule has 34 nitrogen and oxygen atoms in total. The predicted octanol–water partition coefficient (Wildman–Crippen LogP) is 13.5. The third-order valence-electron chi connectivity index (χ3n) is 15.5. The van der Waals surface area contributed by atoms with E-state index in [4.69, 9.17) is 107 Å². The first-order valence-corrected chi connectivity index (χ1v) is 37.7. The number of nitrogens with zero attached hydrogens (tertiary/aromatic N) is 2. The summed E-state index contributed by atoms with van der Waals surface area (Å²) in [4.78, 5) is 81.3. The van der Waals surface area contributed by atoms with E-state index < -0.39 is 116 Å². The topological polar surface area (TPSA) is 480 Å². The molecule has 0 atom stereocenters. The second-order valence-electron chi connectivity index (χ2n) is 24.0. The number of aliphatic hydroxyl groups is 9. The van der Waals surface area contributed by atoms with Crippen molar-refractivity contribution in [3.8, 4) is 34.5 Å². The highest BCUT2D eigenvalue weighted by molar-refractivity contribution is 6.19. The standard InChI is InChI=1S/C15H14ClFO5.C14H13ClFNO5.C14H13FO5.C13H13ClFNO5.C13H12FNO5.C12H12FNO5/c16-6-5-12-13(18)14(15(19)22-12)21-9-10-1-3-11(4-2-10)20-8-7-17;15-4-3-11-12(18)13(14(19)22-11)21-8-9-1-2-10(7-17-9)20-6-5-16;15-7-8-19-10-4-1-9(2-5-10)3-6-11-12(16)13(17)14(18)20-11;14-2-1-10-11(17)12(13(18)21-10)20-7-8-5-9(6-16-8)19-4-3-15;14-5-6-19-9-3-1-8(15-7-9)2-4-10-11(16)12(17)13(18)20-10;13-3-4-18-8-5-7(14-6-8)1-2-9-10(15)11(16)12(17)19-9/h1-5,18H,6-9H2;1-3,7,18H,4-6,8H2;1-2,4-6,16-17H,3,7-8H2;1,5-6,16-17H,2-4,7H2;1,3-4,7,16-17H,2,5-6H2;2,5-6,14-16H,1,3-4H2/b12-5+;11-3+;11-6+;10-1+;10-4+;9-2+/i17-1;16-1;2*15-1;14-1;13-1. The molecular formula is C81H77Cl3F6N4O30. The van der Waals surface area contributed by atoms with Crippen LogP contribution in [0.4, 0.5) is 26.3 Å². The number of nitrogens with one attached hydrogen (secondary N) is 2. The molecule has 6 aliphatic heterocycles. The average molecular weight is 1800 g/mol. The molecule has 43 heteroatoms. The van der Waals surface area contributed by atoms with Gasteiger partial charge in [-0.2, -0.15) is 0 Å². The maximum absolute atomic E-state index is 12.0. The van der Waals surface area contributed by atoms with Gasteiger partial charge in [0.1, 0.15) is 134 Å². The van der Waals surface area contributed by atoms with Crippen molar-refractivity contribution in [1.82, 2.24) is 19.9 Å². The number of cyclic esters (lactones) is 6. The Hall–Kier alpha value is -14.2. The second-order valence-corrected chi connectivity index (χ2v) is 24.9. The van der Waals surface area contributed by atoms with Crippen LogP contribution in [0.2, 0.25) is 0 Å². The number of benzene rings is 2. The zero-order valence-electron chi connectivity index (χ0n) is 64.6. The van der Waals surface area contributed by atoms with Crippen LogP contribution in [0.15, 0.2) is 250 Å². The predicted molar refractivity (Wildman–Crippen MR) is 420 cm³/mol. The van der Waals surface area contributed by atoms with E-state index in [0.29, 0.717) is 64.4 Å². The van der Waals surface area contributed by atoms with Crippen LogP contribution >= 0.6 is 34.8 Å². The fraction of sp³-hybridized carbons (Fsp3) is 0.259. The van der Waals surface area contributed by atoms with Crippen molar-refractivity contribution >= 4 is 70.6 Å². The van der Waals surface area contributed by atoms with E-state index in [9.17, 15) is 85.7 Å². The van der Waals surface area contributed by atoms with E-state index in [1.54, 1.807) is 91.1 Å². The van der Waals surface area contributed by atoms with Gasteiger partial charge in [0.05, 0.1) is 23.8 Å². The number of rotatable bonds is 36. The van der Waals surface area contributed by atoms with Gasteiger partial charge in [0.15, 0.2) is 34.6 Å². The van der Waals surface area contributed by atoms with Crippen LogP contribution in [0.5, 0.6) is 34.5 Å². The van der Waals surface area contributed by atoms with Crippen LogP contribution in [0, 0.1) is 0 Å². The van der Waals surface area contributed by atoms with Gasteiger partial charge in [-0.3, -0.25) is 9.97 Å². The Kier molecular flexibility index (Phi) is 39.7. The van der Waals surface area contributed by atoms with Crippen LogP contribution in [0.3, 0.4) is 0 Å². The maximum Gasteiger partial charge on any atom is 0.383 e. The molecule has 12 rings (SSSR count). The molecular weight excluding hydrogens is 1720 g/mol. The van der Waals surface area contributed by atoms with Gasteiger partial charge in [0.25, 0.3) is 17.3 Å². The summed E-state index contributed by atoms with van der Waals surface area (Å²) in [6, 6.07) is 23.4. The van der Waals surface area contributed by atoms with E-state index in [1.807, 2.05) is 0 Å². The lowest BCUT2D eigenvalue weighted by molar-refractivity contribution is -0.137. The number of pyridine rings is 2. The molecule has 0 fully saturated rings. The molecule has 664 valence electrons. The van der Waals surface area contributed by atoms with Crippen LogP contribution < -0.4 is 28.4 Å². The molecule has 4 aromatic heterocycles. The van der Waals surface area contributed by atoms with Crippen molar-refractivity contribution in [2.75, 3.05) is 97.3 Å². The summed E-state index contributed by atoms with van der Waals surface area (Å²) in [7, 11) is 0. The van der Waals surface area contributed by atoms with Gasteiger partial charge in [-0.1, -0.05) is 24.3 Å².